The highest BCUT2D eigenvalue weighted by Crippen LogP contribution is 2.58. The van der Waals surface area contributed by atoms with Crippen LogP contribution in [-0.4, -0.2) is 69.3 Å². The molecule has 0 fully saturated rings. The minimum atomic E-state index is -0.731. The Labute approximate surface area is 303 Å². The molecule has 0 bridgehead atoms. The fraction of sp³-hybridized carbons (Fsp3) is 0.100. The number of ether oxygens (including phenoxy) is 4. The van der Waals surface area contributed by atoms with E-state index in [0.717, 1.165) is 0 Å². The molecule has 0 aliphatic carbocycles. The summed E-state index contributed by atoms with van der Waals surface area (Å²) in [5, 5.41) is 86.9. The van der Waals surface area contributed by atoms with Crippen molar-refractivity contribution in [3.05, 3.63) is 60.7 Å². The average molecular weight is 735 g/mol. The van der Waals surface area contributed by atoms with Crippen LogP contribution in [0.3, 0.4) is 0 Å². The summed E-state index contributed by atoms with van der Waals surface area (Å²) < 4.78 is 36.0. The first-order valence-electron chi connectivity index (χ1n) is 16.1. The van der Waals surface area contributed by atoms with Gasteiger partial charge in [-0.25, -0.2) is 0 Å². The standard InChI is InChI=1S/C40H30O14/c1-49-27-13-17(15-5-7-21(41)23(43)9-15)37(51-3)39-29(27)19-11-25(45)33(47)31(35(19)53-39)32-34(48)26(46)12-20-30-28(50-2)14-18(16-6-8-22(42)24(44)10-16)38(52-4)40(30)54-36(20)32/h5-14,41-48H,1-4H3. The van der Waals surface area contributed by atoms with Crippen LogP contribution in [0.5, 0.6) is 69.0 Å². The quantitative estimate of drug-likeness (QED) is 0.0723. The van der Waals surface area contributed by atoms with Crippen molar-refractivity contribution in [2.45, 2.75) is 0 Å². The molecule has 14 nitrogen and oxygen atoms in total. The van der Waals surface area contributed by atoms with Crippen LogP contribution in [0.1, 0.15) is 0 Å². The molecule has 14 heteroatoms. The molecule has 0 atom stereocenters. The lowest BCUT2D eigenvalue weighted by Gasteiger charge is -2.13. The van der Waals surface area contributed by atoms with Gasteiger partial charge in [0.1, 0.15) is 22.7 Å². The molecule has 8 aromatic rings. The molecule has 2 aromatic heterocycles. The number of fused-ring (bicyclic) bond motifs is 6. The highest BCUT2D eigenvalue weighted by molar-refractivity contribution is 6.22. The Morgan fingerprint density at radius 2 is 0.796 bits per heavy atom. The SMILES string of the molecule is COc1c(-c2ccc(O)c(O)c2)cc(OC)c2c1oc1c(-c3c(O)c(O)cc4c3oc3c(OC)c(-c5ccc(O)c(O)c5)cc(OC)c34)c(O)c(O)cc12. The van der Waals surface area contributed by atoms with E-state index in [1.165, 1.54) is 64.8 Å². The minimum absolute atomic E-state index is 0.0792. The molecule has 6 aromatic carbocycles. The molecule has 0 spiro atoms. The average Bonchev–Trinajstić information content (AvgIpc) is 3.73. The molecule has 0 saturated carbocycles. The van der Waals surface area contributed by atoms with Gasteiger partial charge in [0.05, 0.1) is 50.3 Å². The van der Waals surface area contributed by atoms with E-state index < -0.39 is 23.0 Å². The Morgan fingerprint density at radius 1 is 0.407 bits per heavy atom. The third-order valence-electron chi connectivity index (χ3n) is 9.48. The number of aromatic hydroxyl groups is 8. The fourth-order valence-electron chi connectivity index (χ4n) is 7.01. The van der Waals surface area contributed by atoms with Gasteiger partial charge in [-0.05, 0) is 59.7 Å². The number of hydrogen-bond donors (Lipinski definition) is 8. The second-order valence-corrected chi connectivity index (χ2v) is 12.3. The molecule has 2 heterocycles. The molecule has 274 valence electrons. The van der Waals surface area contributed by atoms with E-state index in [9.17, 15) is 40.9 Å². The topological polar surface area (TPSA) is 225 Å². The van der Waals surface area contributed by atoms with Gasteiger partial charge >= 0.3 is 0 Å². The zero-order valence-corrected chi connectivity index (χ0v) is 28.8. The molecule has 8 rings (SSSR count). The van der Waals surface area contributed by atoms with Crippen LogP contribution in [0.15, 0.2) is 69.5 Å². The molecule has 0 aliphatic heterocycles. The Bertz CT molecular complexity index is 2670. The third-order valence-corrected chi connectivity index (χ3v) is 9.48. The number of methoxy groups -OCH3 is 4. The first kappa shape index (κ1) is 33.7. The number of phenolic OH excluding ortho intramolecular Hbond substituents is 8. The Balaban J connectivity index is 1.50. The Hall–Kier alpha value is -7.48. The van der Waals surface area contributed by atoms with Crippen LogP contribution in [0.25, 0.3) is 77.3 Å². The number of hydrogen-bond acceptors (Lipinski definition) is 14. The van der Waals surface area contributed by atoms with Gasteiger partial charge in [-0.2, -0.15) is 0 Å². The van der Waals surface area contributed by atoms with Crippen molar-refractivity contribution >= 4 is 43.9 Å². The molecule has 0 aliphatic rings. The molecule has 0 radical (unpaired) electrons. The Morgan fingerprint density at radius 3 is 1.13 bits per heavy atom. The first-order chi connectivity index (χ1) is 25.9. The van der Waals surface area contributed by atoms with Gasteiger partial charge < -0.3 is 68.6 Å². The van der Waals surface area contributed by atoms with Gasteiger partial charge in [-0.15, -0.1) is 0 Å². The molecule has 0 amide bonds. The van der Waals surface area contributed by atoms with Crippen molar-refractivity contribution in [2.75, 3.05) is 28.4 Å². The van der Waals surface area contributed by atoms with E-state index in [4.69, 9.17) is 27.8 Å². The lowest BCUT2D eigenvalue weighted by molar-refractivity contribution is 0.399. The minimum Gasteiger partial charge on any atom is -0.504 e. The zero-order valence-electron chi connectivity index (χ0n) is 28.8. The summed E-state index contributed by atoms with van der Waals surface area (Å²) in [6, 6.07) is 14.1. The predicted octanol–water partition coefficient (Wildman–Crippen LogP) is 8.17. The molecule has 8 N–H and O–H groups in total. The van der Waals surface area contributed by atoms with Crippen LogP contribution >= 0.6 is 0 Å². The number of phenols is 8. The van der Waals surface area contributed by atoms with Crippen molar-refractivity contribution in [1.82, 2.24) is 0 Å². The van der Waals surface area contributed by atoms with E-state index >= 15 is 0 Å². The van der Waals surface area contributed by atoms with Crippen LogP contribution in [0.2, 0.25) is 0 Å². The van der Waals surface area contributed by atoms with Crippen molar-refractivity contribution in [2.24, 2.45) is 0 Å². The van der Waals surface area contributed by atoms with E-state index in [1.54, 1.807) is 24.3 Å². The van der Waals surface area contributed by atoms with Crippen molar-refractivity contribution < 1.29 is 68.6 Å². The maximum Gasteiger partial charge on any atom is 0.181 e. The zero-order chi connectivity index (χ0) is 38.3. The number of rotatable bonds is 7. The lowest BCUT2D eigenvalue weighted by atomic mass is 9.95. The van der Waals surface area contributed by atoms with E-state index in [2.05, 4.69) is 0 Å². The van der Waals surface area contributed by atoms with E-state index in [0.29, 0.717) is 33.0 Å². The molecule has 0 saturated heterocycles. The number of benzene rings is 6. The maximum absolute atomic E-state index is 11.6. The van der Waals surface area contributed by atoms with Crippen molar-refractivity contribution in [3.8, 4) is 102 Å². The summed E-state index contributed by atoms with van der Waals surface area (Å²) in [4.78, 5) is 0. The van der Waals surface area contributed by atoms with Crippen LogP contribution in [0.4, 0.5) is 0 Å². The van der Waals surface area contributed by atoms with Gasteiger partial charge in [-0.1, -0.05) is 12.1 Å². The molecular formula is C40H30O14. The fourth-order valence-corrected chi connectivity index (χ4v) is 7.01. The smallest absolute Gasteiger partial charge is 0.181 e. The van der Waals surface area contributed by atoms with E-state index in [-0.39, 0.29) is 90.2 Å². The van der Waals surface area contributed by atoms with Crippen LogP contribution < -0.4 is 18.9 Å². The predicted molar refractivity (Wildman–Crippen MR) is 197 cm³/mol. The summed E-state index contributed by atoms with van der Waals surface area (Å²) in [6.45, 7) is 0. The van der Waals surface area contributed by atoms with Gasteiger partial charge in [0.15, 0.2) is 68.7 Å². The van der Waals surface area contributed by atoms with Gasteiger partial charge in [0.2, 0.25) is 0 Å². The highest BCUT2D eigenvalue weighted by atomic mass is 16.5. The summed E-state index contributed by atoms with van der Waals surface area (Å²) in [6.07, 6.45) is 0. The van der Waals surface area contributed by atoms with Gasteiger partial charge in [0, 0.05) is 21.9 Å². The first-order valence-corrected chi connectivity index (χ1v) is 16.1. The second-order valence-electron chi connectivity index (χ2n) is 12.3. The molecule has 54 heavy (non-hydrogen) atoms. The monoisotopic (exact) mass is 734 g/mol. The van der Waals surface area contributed by atoms with Crippen molar-refractivity contribution in [3.63, 3.8) is 0 Å². The maximum atomic E-state index is 11.6. The summed E-state index contributed by atoms with van der Waals surface area (Å²) >= 11 is 0. The summed E-state index contributed by atoms with van der Waals surface area (Å²) in [5.74, 6) is -3.35. The lowest BCUT2D eigenvalue weighted by Crippen LogP contribution is -1.92. The summed E-state index contributed by atoms with van der Waals surface area (Å²) in [7, 11) is 5.60. The normalized spacial score (nSPS) is 11.6. The van der Waals surface area contributed by atoms with Gasteiger partial charge in [0.25, 0.3) is 0 Å². The largest absolute Gasteiger partial charge is 0.504 e. The molecule has 0 unspecified atom stereocenters. The highest BCUT2D eigenvalue weighted by Gasteiger charge is 2.32. The van der Waals surface area contributed by atoms with Crippen LogP contribution in [-0.2, 0) is 0 Å². The Kier molecular flexibility index (Phi) is 7.51. The van der Waals surface area contributed by atoms with E-state index in [1.807, 2.05) is 0 Å². The third kappa shape index (κ3) is 4.66. The van der Waals surface area contributed by atoms with Crippen LogP contribution in [0, 0.1) is 0 Å². The second kappa shape index (κ2) is 12.1. The van der Waals surface area contributed by atoms with Crippen molar-refractivity contribution in [1.29, 1.82) is 0 Å². The number of furan rings is 2. The summed E-state index contributed by atoms with van der Waals surface area (Å²) in [5.41, 5.74) is 1.11. The molecular weight excluding hydrogens is 704 g/mol. The van der Waals surface area contributed by atoms with Gasteiger partial charge in [-0.3, -0.25) is 0 Å².